The highest BCUT2D eigenvalue weighted by molar-refractivity contribution is 7.89. The summed E-state index contributed by atoms with van der Waals surface area (Å²) >= 11 is 6.14. The van der Waals surface area contributed by atoms with Crippen LogP contribution in [0.5, 0.6) is 0 Å². The molecule has 6 nitrogen and oxygen atoms in total. The quantitative estimate of drug-likeness (QED) is 0.778. The number of carbonyl (C=O) groups excluding carboxylic acids is 1. The number of sulfonamides is 1. The monoisotopic (exact) mass is 421 g/mol. The van der Waals surface area contributed by atoms with Gasteiger partial charge in [0.2, 0.25) is 10.0 Å². The fraction of sp³-hybridized carbons (Fsp3) is 0.350. The Balaban J connectivity index is 1.64. The van der Waals surface area contributed by atoms with Crippen molar-refractivity contribution in [2.45, 2.75) is 11.3 Å². The number of anilines is 1. The Bertz CT molecular complexity index is 948. The molecule has 28 heavy (non-hydrogen) atoms. The van der Waals surface area contributed by atoms with Crippen molar-refractivity contribution in [1.29, 1.82) is 0 Å². The highest BCUT2D eigenvalue weighted by atomic mass is 35.5. The minimum Gasteiger partial charge on any atom is -0.371 e. The van der Waals surface area contributed by atoms with Crippen molar-refractivity contribution in [2.24, 2.45) is 5.92 Å². The Labute approximate surface area is 171 Å². The lowest BCUT2D eigenvalue weighted by molar-refractivity contribution is 0.0948. The molecule has 1 saturated heterocycles. The maximum Gasteiger partial charge on any atom is 0.252 e. The largest absolute Gasteiger partial charge is 0.371 e. The van der Waals surface area contributed by atoms with Crippen LogP contribution < -0.4 is 10.2 Å². The van der Waals surface area contributed by atoms with Gasteiger partial charge >= 0.3 is 0 Å². The van der Waals surface area contributed by atoms with Crippen molar-refractivity contribution in [3.8, 4) is 0 Å². The third-order valence-corrected chi connectivity index (χ3v) is 7.06. The molecular formula is C20H24ClN3O3S. The van der Waals surface area contributed by atoms with E-state index in [4.69, 9.17) is 11.6 Å². The van der Waals surface area contributed by atoms with Gasteiger partial charge in [0.15, 0.2) is 0 Å². The third kappa shape index (κ3) is 4.48. The van der Waals surface area contributed by atoms with Crippen molar-refractivity contribution < 1.29 is 13.2 Å². The summed E-state index contributed by atoms with van der Waals surface area (Å²) in [5.74, 6) is -0.0319. The van der Waals surface area contributed by atoms with Crippen LogP contribution in [-0.4, -0.2) is 52.4 Å². The van der Waals surface area contributed by atoms with Crippen molar-refractivity contribution in [2.75, 3.05) is 38.6 Å². The number of amides is 1. The minimum absolute atomic E-state index is 0.0446. The molecule has 1 aliphatic heterocycles. The number of benzene rings is 2. The van der Waals surface area contributed by atoms with Crippen LogP contribution in [0.2, 0.25) is 5.02 Å². The van der Waals surface area contributed by atoms with Crippen LogP contribution in [0.4, 0.5) is 5.69 Å². The van der Waals surface area contributed by atoms with Crippen molar-refractivity contribution >= 4 is 33.2 Å². The lowest BCUT2D eigenvalue weighted by atomic mass is 10.1. The zero-order valence-electron chi connectivity index (χ0n) is 15.9. The van der Waals surface area contributed by atoms with Gasteiger partial charge in [-0.2, -0.15) is 0 Å². The maximum atomic E-state index is 12.6. The van der Waals surface area contributed by atoms with E-state index in [0.717, 1.165) is 23.8 Å². The predicted molar refractivity (Wildman–Crippen MR) is 111 cm³/mol. The number of hydrogen-bond donors (Lipinski definition) is 1. The van der Waals surface area contributed by atoms with E-state index in [2.05, 4.69) is 22.3 Å². The fourth-order valence-electron chi connectivity index (χ4n) is 3.25. The summed E-state index contributed by atoms with van der Waals surface area (Å²) in [6, 6.07) is 14.4. The second kappa shape index (κ2) is 8.51. The summed E-state index contributed by atoms with van der Waals surface area (Å²) in [6.07, 6.45) is 0.984. The molecule has 1 atom stereocenters. The summed E-state index contributed by atoms with van der Waals surface area (Å²) in [5.41, 5.74) is 1.35. The van der Waals surface area contributed by atoms with Crippen molar-refractivity contribution in [1.82, 2.24) is 9.62 Å². The van der Waals surface area contributed by atoms with Gasteiger partial charge in [-0.25, -0.2) is 12.7 Å². The summed E-state index contributed by atoms with van der Waals surface area (Å²) in [4.78, 5) is 14.9. The zero-order valence-corrected chi connectivity index (χ0v) is 17.5. The van der Waals surface area contributed by atoms with E-state index in [1.54, 1.807) is 0 Å². The van der Waals surface area contributed by atoms with Crippen LogP contribution in [-0.2, 0) is 10.0 Å². The highest BCUT2D eigenvalue weighted by Gasteiger charge is 2.24. The van der Waals surface area contributed by atoms with E-state index in [-0.39, 0.29) is 21.4 Å². The lowest BCUT2D eigenvalue weighted by Gasteiger charge is -2.19. The molecule has 1 fully saturated rings. The van der Waals surface area contributed by atoms with E-state index in [1.165, 1.54) is 38.0 Å². The number of hydrogen-bond acceptors (Lipinski definition) is 4. The molecule has 0 aliphatic carbocycles. The first kappa shape index (κ1) is 20.6. The smallest absolute Gasteiger partial charge is 0.252 e. The van der Waals surface area contributed by atoms with E-state index in [0.29, 0.717) is 12.5 Å². The second-order valence-corrected chi connectivity index (χ2v) is 9.63. The third-order valence-electron chi connectivity index (χ3n) is 4.92. The van der Waals surface area contributed by atoms with Gasteiger partial charge in [-0.3, -0.25) is 4.79 Å². The van der Waals surface area contributed by atoms with Gasteiger partial charge in [-0.05, 0) is 42.7 Å². The van der Waals surface area contributed by atoms with E-state index in [1.807, 2.05) is 18.2 Å². The van der Waals surface area contributed by atoms with Gasteiger partial charge in [0, 0.05) is 39.4 Å². The molecule has 0 saturated carbocycles. The molecule has 0 spiro atoms. The van der Waals surface area contributed by atoms with Crippen LogP contribution >= 0.6 is 11.6 Å². The Kier molecular flexibility index (Phi) is 6.27. The predicted octanol–water partition coefficient (Wildman–Crippen LogP) is 2.85. The standard InChI is InChI=1S/C20H24ClN3O3S/c1-23(2)28(26,27)17-8-9-19(21)18(12-17)20(25)22-13-15-10-11-24(14-15)16-6-4-3-5-7-16/h3-9,12,15H,10-11,13-14H2,1-2H3,(H,22,25). The van der Waals surface area contributed by atoms with E-state index < -0.39 is 10.0 Å². The second-order valence-electron chi connectivity index (χ2n) is 7.08. The molecule has 0 radical (unpaired) electrons. The molecule has 2 aromatic rings. The first-order chi connectivity index (χ1) is 13.3. The summed E-state index contributed by atoms with van der Waals surface area (Å²) < 4.78 is 25.7. The molecule has 1 aliphatic rings. The van der Waals surface area contributed by atoms with Crippen LogP contribution in [0.15, 0.2) is 53.4 Å². The van der Waals surface area contributed by atoms with Gasteiger partial charge < -0.3 is 10.2 Å². The van der Waals surface area contributed by atoms with E-state index >= 15 is 0 Å². The molecule has 1 N–H and O–H groups in total. The molecule has 3 rings (SSSR count). The first-order valence-electron chi connectivity index (χ1n) is 9.09. The normalized spacial score (nSPS) is 17.1. The summed E-state index contributed by atoms with van der Waals surface area (Å²) in [6.45, 7) is 2.33. The SMILES string of the molecule is CN(C)S(=O)(=O)c1ccc(Cl)c(C(=O)NCC2CCN(c3ccccc3)C2)c1. The minimum atomic E-state index is -3.63. The van der Waals surface area contributed by atoms with Crippen LogP contribution in [0, 0.1) is 5.92 Å². The molecule has 1 amide bonds. The Morgan fingerprint density at radius 1 is 1.21 bits per heavy atom. The lowest BCUT2D eigenvalue weighted by Crippen LogP contribution is -2.31. The summed E-state index contributed by atoms with van der Waals surface area (Å²) in [7, 11) is -0.737. The van der Waals surface area contributed by atoms with Crippen LogP contribution in [0.1, 0.15) is 16.8 Å². The van der Waals surface area contributed by atoms with Gasteiger partial charge in [0.25, 0.3) is 5.91 Å². The number of nitrogens with one attached hydrogen (secondary N) is 1. The first-order valence-corrected chi connectivity index (χ1v) is 10.9. The molecule has 1 unspecified atom stereocenters. The molecule has 0 aromatic heterocycles. The summed E-state index contributed by atoms with van der Waals surface area (Å²) in [5, 5.41) is 3.13. The number of carbonyl (C=O) groups is 1. The fourth-order valence-corrected chi connectivity index (χ4v) is 4.39. The zero-order chi connectivity index (χ0) is 20.3. The Morgan fingerprint density at radius 2 is 1.93 bits per heavy atom. The average Bonchev–Trinajstić information content (AvgIpc) is 3.16. The number of rotatable bonds is 6. The maximum absolute atomic E-state index is 12.6. The van der Waals surface area contributed by atoms with Gasteiger partial charge in [-0.15, -0.1) is 0 Å². The molecule has 8 heteroatoms. The molecule has 150 valence electrons. The van der Waals surface area contributed by atoms with Gasteiger partial charge in [0.05, 0.1) is 15.5 Å². The van der Waals surface area contributed by atoms with Crippen molar-refractivity contribution in [3.63, 3.8) is 0 Å². The molecule has 0 bridgehead atoms. The molecule has 1 heterocycles. The Hall–Kier alpha value is -2.09. The van der Waals surface area contributed by atoms with Crippen LogP contribution in [0.3, 0.4) is 0 Å². The van der Waals surface area contributed by atoms with E-state index in [9.17, 15) is 13.2 Å². The number of nitrogens with zero attached hydrogens (tertiary/aromatic N) is 2. The number of halogens is 1. The average molecular weight is 422 g/mol. The van der Waals surface area contributed by atoms with Gasteiger partial charge in [0.1, 0.15) is 0 Å². The topological polar surface area (TPSA) is 69.7 Å². The van der Waals surface area contributed by atoms with Crippen LogP contribution in [0.25, 0.3) is 0 Å². The highest BCUT2D eigenvalue weighted by Crippen LogP contribution is 2.24. The van der Waals surface area contributed by atoms with Crippen molar-refractivity contribution in [3.05, 3.63) is 59.1 Å². The number of para-hydroxylation sites is 1. The Morgan fingerprint density at radius 3 is 2.61 bits per heavy atom. The van der Waals surface area contributed by atoms with Gasteiger partial charge in [-0.1, -0.05) is 29.8 Å². The molecular weight excluding hydrogens is 398 g/mol. The molecule has 2 aromatic carbocycles.